The molecule has 0 radical (unpaired) electrons. The number of nitrogens with zero attached hydrogens (tertiary/aromatic N) is 2. The van der Waals surface area contributed by atoms with Crippen LogP contribution in [0.4, 0.5) is 5.69 Å². The number of carbonyl (C=O) groups excluding carboxylic acids is 2. The second kappa shape index (κ2) is 30.2. The van der Waals surface area contributed by atoms with Gasteiger partial charge >= 0.3 is 0 Å². The van der Waals surface area contributed by atoms with Crippen molar-refractivity contribution in [2.75, 3.05) is 5.32 Å². The van der Waals surface area contributed by atoms with E-state index in [4.69, 9.17) is 0 Å². The molecule has 55 heavy (non-hydrogen) atoms. The van der Waals surface area contributed by atoms with Gasteiger partial charge in [-0.3, -0.25) is 9.59 Å². The van der Waals surface area contributed by atoms with Crippen LogP contribution in [0, 0.1) is 0 Å². The number of amides is 2. The minimum absolute atomic E-state index is 0.0310. The summed E-state index contributed by atoms with van der Waals surface area (Å²) in [5, 5.41) is 4.96. The quantitative estimate of drug-likeness (QED) is 0.0497. The van der Waals surface area contributed by atoms with Gasteiger partial charge in [-0.15, -0.1) is 0 Å². The number of fused-ring (bicyclic) bond motifs is 2. The third-order valence-corrected chi connectivity index (χ3v) is 11.6. The number of carbonyl (C=O) groups is 2. The van der Waals surface area contributed by atoms with Crippen molar-refractivity contribution < 1.29 is 9.59 Å². The molecule has 0 unspecified atom stereocenters. The first-order chi connectivity index (χ1) is 27.0. The molecule has 0 fully saturated rings. The lowest BCUT2D eigenvalue weighted by Crippen LogP contribution is -2.12. The molecule has 0 atom stereocenters. The zero-order valence-corrected chi connectivity index (χ0v) is 35.9. The zero-order chi connectivity index (χ0) is 39.2. The summed E-state index contributed by atoms with van der Waals surface area (Å²) in [6.45, 7) is 4.57. The van der Waals surface area contributed by atoms with Gasteiger partial charge in [-0.05, 0) is 54.1 Å². The minimum atomic E-state index is -0.0310. The van der Waals surface area contributed by atoms with Gasteiger partial charge in [0.15, 0.2) is 0 Å². The Morgan fingerprint density at radius 1 is 0.509 bits per heavy atom. The van der Waals surface area contributed by atoms with E-state index in [-0.39, 0.29) is 11.8 Å². The molecule has 1 aromatic carbocycles. The molecule has 2 aliphatic rings. The van der Waals surface area contributed by atoms with Crippen molar-refractivity contribution in [2.45, 2.75) is 219 Å². The second-order valence-electron chi connectivity index (χ2n) is 16.7. The average molecular weight is 756 g/mol. The molecule has 3 rings (SSSR count). The van der Waals surface area contributed by atoms with Gasteiger partial charge in [0, 0.05) is 25.6 Å². The van der Waals surface area contributed by atoms with E-state index in [2.05, 4.69) is 53.0 Å². The highest BCUT2D eigenvalue weighted by molar-refractivity contribution is 5.95. The summed E-state index contributed by atoms with van der Waals surface area (Å²) < 4.78 is 2.15. The first kappa shape index (κ1) is 46.4. The lowest BCUT2D eigenvalue weighted by atomic mass is 10.0. The third-order valence-electron chi connectivity index (χ3n) is 11.6. The molecule has 0 aromatic heterocycles. The number of aryl methyl sites for hydroxylation is 1. The molecule has 0 saturated heterocycles. The molecule has 5 nitrogen and oxygen atoms in total. The Labute approximate surface area is 337 Å². The monoisotopic (exact) mass is 756 g/mol. The Hall–Kier alpha value is -2.95. The summed E-state index contributed by atoms with van der Waals surface area (Å²) in [6.07, 6.45) is 40.7. The van der Waals surface area contributed by atoms with E-state index >= 15 is 0 Å². The van der Waals surface area contributed by atoms with Crippen LogP contribution in [-0.2, 0) is 16.6 Å². The van der Waals surface area contributed by atoms with Crippen LogP contribution in [0.3, 0.4) is 0 Å². The first-order valence-electron chi connectivity index (χ1n) is 23.4. The number of aromatic nitrogens is 1. The van der Waals surface area contributed by atoms with Gasteiger partial charge in [0.25, 0.3) is 0 Å². The fourth-order valence-corrected chi connectivity index (χ4v) is 8.07. The predicted octanol–water partition coefficient (Wildman–Crippen LogP) is 15.2. The Morgan fingerprint density at radius 2 is 0.945 bits per heavy atom. The van der Waals surface area contributed by atoms with Crippen LogP contribution in [0.5, 0.6) is 0 Å². The van der Waals surface area contributed by atoms with Crippen LogP contribution in [-0.4, -0.2) is 16.4 Å². The lowest BCUT2D eigenvalue weighted by molar-refractivity contribution is -0.118. The summed E-state index contributed by atoms with van der Waals surface area (Å²) in [6, 6.07) is 14.3. The van der Waals surface area contributed by atoms with Gasteiger partial charge in [-0.1, -0.05) is 206 Å². The van der Waals surface area contributed by atoms with E-state index in [0.29, 0.717) is 18.2 Å². The summed E-state index contributed by atoms with van der Waals surface area (Å²) >= 11 is 0. The lowest BCUT2D eigenvalue weighted by Gasteiger charge is -2.16. The highest BCUT2D eigenvalue weighted by atomic mass is 16.2. The Morgan fingerprint density at radius 3 is 1.42 bits per heavy atom. The van der Waals surface area contributed by atoms with Crippen molar-refractivity contribution in [3.8, 4) is 11.3 Å². The number of rotatable bonds is 33. The largest absolute Gasteiger partial charge is 0.344 e. The van der Waals surface area contributed by atoms with Crippen molar-refractivity contribution in [1.82, 2.24) is 4.57 Å². The summed E-state index contributed by atoms with van der Waals surface area (Å²) in [4.78, 5) is 30.0. The molecule has 5 heteroatoms. The molecule has 1 aromatic rings. The molecule has 0 spiro atoms. The first-order valence-corrected chi connectivity index (χ1v) is 23.4. The fraction of sp³-hybridized carbons (Fsp3) is 0.700. The SMILES string of the molecule is CCCCCCCCCCCCCCCCCC(=O)N=c1ccc2cc3ccc(NC(=O)CCCCCCCCCCCCCCCCC)cc3n(C)c-2c1. The standard InChI is InChI=1S/C50H81N3O2/c1-4-6-8-10-12-14-16-18-20-22-24-26-28-30-32-34-49(54)51-45-38-36-43-40-44-37-39-46(42-48(44)53(3)47(43)41-45)52-50(55)35-33-31-29-27-25-23-21-19-17-15-13-11-9-7-5-2/h36-42H,4-35H2,1-3H3,(H,51,54). The molecule has 1 aliphatic heterocycles. The van der Waals surface area contributed by atoms with Gasteiger partial charge in [0.1, 0.15) is 0 Å². The van der Waals surface area contributed by atoms with Crippen molar-refractivity contribution in [1.29, 1.82) is 0 Å². The Bertz CT molecular complexity index is 1490. The van der Waals surface area contributed by atoms with E-state index in [1.165, 1.54) is 167 Å². The van der Waals surface area contributed by atoms with Gasteiger partial charge in [0.05, 0.1) is 16.6 Å². The number of pyridine rings is 1. The number of nitrogens with one attached hydrogen (secondary N) is 1. The summed E-state index contributed by atoms with van der Waals surface area (Å²) in [5.74, 6) is 0.0581. The molecule has 0 bridgehead atoms. The molecule has 0 saturated carbocycles. The Balaban J connectivity index is 1.31. The van der Waals surface area contributed by atoms with Crippen LogP contribution in [0.15, 0.2) is 47.5 Å². The molecule has 1 aliphatic carbocycles. The molecule has 1 N–H and O–H groups in total. The highest BCUT2D eigenvalue weighted by Gasteiger charge is 2.11. The van der Waals surface area contributed by atoms with Crippen molar-refractivity contribution in [3.05, 3.63) is 47.8 Å². The zero-order valence-electron chi connectivity index (χ0n) is 35.9. The van der Waals surface area contributed by atoms with E-state index in [0.717, 1.165) is 53.5 Å². The molecule has 2 amide bonds. The van der Waals surface area contributed by atoms with E-state index in [9.17, 15) is 9.59 Å². The number of hydrogen-bond acceptors (Lipinski definition) is 2. The van der Waals surface area contributed by atoms with E-state index in [1.54, 1.807) is 0 Å². The molecule has 1 heterocycles. The maximum atomic E-state index is 12.8. The number of anilines is 1. The van der Waals surface area contributed by atoms with Crippen LogP contribution < -0.4 is 10.7 Å². The number of hydrogen-bond donors (Lipinski definition) is 1. The topological polar surface area (TPSA) is 63.5 Å². The molecular weight excluding hydrogens is 675 g/mol. The molecular formula is C50H81N3O2. The highest BCUT2D eigenvalue weighted by Crippen LogP contribution is 2.28. The Kier molecular flexibility index (Phi) is 25.5. The van der Waals surface area contributed by atoms with Gasteiger partial charge in [0.2, 0.25) is 11.8 Å². The van der Waals surface area contributed by atoms with Crippen LogP contribution in [0.1, 0.15) is 219 Å². The van der Waals surface area contributed by atoms with Crippen molar-refractivity contribution in [2.24, 2.45) is 12.0 Å². The van der Waals surface area contributed by atoms with E-state index < -0.39 is 0 Å². The normalized spacial score (nSPS) is 11.9. The average Bonchev–Trinajstić information content (AvgIpc) is 3.18. The van der Waals surface area contributed by atoms with Gasteiger partial charge in [-0.25, -0.2) is 4.99 Å². The second-order valence-corrected chi connectivity index (χ2v) is 16.7. The summed E-state index contributed by atoms with van der Waals surface area (Å²) in [7, 11) is 2.05. The van der Waals surface area contributed by atoms with E-state index in [1.807, 2.05) is 25.2 Å². The van der Waals surface area contributed by atoms with Gasteiger partial charge < -0.3 is 9.88 Å². The minimum Gasteiger partial charge on any atom is -0.344 e. The maximum absolute atomic E-state index is 12.8. The fourth-order valence-electron chi connectivity index (χ4n) is 8.07. The number of unbranched alkanes of at least 4 members (excludes halogenated alkanes) is 28. The van der Waals surface area contributed by atoms with Gasteiger partial charge in [-0.2, -0.15) is 0 Å². The third kappa shape index (κ3) is 20.7. The summed E-state index contributed by atoms with van der Waals surface area (Å²) in [5.41, 5.74) is 4.00. The molecule has 308 valence electrons. The van der Waals surface area contributed by atoms with Crippen molar-refractivity contribution >= 4 is 28.4 Å². The van der Waals surface area contributed by atoms with Crippen LogP contribution in [0.25, 0.3) is 22.2 Å². The van der Waals surface area contributed by atoms with Crippen molar-refractivity contribution in [3.63, 3.8) is 0 Å². The number of benzene rings is 2. The predicted molar refractivity (Wildman–Crippen MR) is 238 cm³/mol. The van der Waals surface area contributed by atoms with Crippen LogP contribution >= 0.6 is 0 Å². The smallest absolute Gasteiger partial charge is 0.246 e. The maximum Gasteiger partial charge on any atom is 0.246 e. The van der Waals surface area contributed by atoms with Crippen LogP contribution in [0.2, 0.25) is 0 Å².